The number of amides is 1. The standard InChI is InChI=1S/C21H22FN3O2/c22-17-8-6-16(7-9-17)14-27-19-5-3-4-18(12-19)24-13-20(26)25-21(15-23)10-1-2-11-21/h3-9,12,24H,1-2,10-11,13-14H2,(H,25,26). The van der Waals surface area contributed by atoms with Gasteiger partial charge in [-0.05, 0) is 55.5 Å². The van der Waals surface area contributed by atoms with E-state index in [1.54, 1.807) is 18.2 Å². The molecule has 5 nitrogen and oxygen atoms in total. The minimum absolute atomic E-state index is 0.0881. The van der Waals surface area contributed by atoms with Crippen molar-refractivity contribution in [3.05, 3.63) is 59.9 Å². The number of rotatable bonds is 7. The third-order valence-electron chi connectivity index (χ3n) is 4.66. The van der Waals surface area contributed by atoms with E-state index in [9.17, 15) is 14.4 Å². The third kappa shape index (κ3) is 5.20. The van der Waals surface area contributed by atoms with Gasteiger partial charge in [0.25, 0.3) is 0 Å². The highest BCUT2D eigenvalue weighted by Crippen LogP contribution is 2.28. The molecule has 0 aliphatic heterocycles. The van der Waals surface area contributed by atoms with Crippen molar-refractivity contribution in [1.29, 1.82) is 5.26 Å². The molecule has 1 aliphatic carbocycles. The second-order valence-corrected chi connectivity index (χ2v) is 6.75. The van der Waals surface area contributed by atoms with Crippen molar-refractivity contribution in [2.45, 2.75) is 37.8 Å². The van der Waals surface area contributed by atoms with Crippen LogP contribution < -0.4 is 15.4 Å². The Labute approximate surface area is 158 Å². The minimum Gasteiger partial charge on any atom is -0.489 e. The second kappa shape index (κ2) is 8.54. The van der Waals surface area contributed by atoms with Gasteiger partial charge >= 0.3 is 0 Å². The summed E-state index contributed by atoms with van der Waals surface area (Å²) in [5.41, 5.74) is 0.908. The van der Waals surface area contributed by atoms with E-state index < -0.39 is 5.54 Å². The lowest BCUT2D eigenvalue weighted by molar-refractivity contribution is -0.120. The average molecular weight is 367 g/mol. The van der Waals surface area contributed by atoms with Gasteiger partial charge in [-0.2, -0.15) is 5.26 Å². The van der Waals surface area contributed by atoms with Crippen LogP contribution >= 0.6 is 0 Å². The van der Waals surface area contributed by atoms with Crippen LogP contribution in [-0.4, -0.2) is 18.0 Å². The van der Waals surface area contributed by atoms with E-state index in [1.165, 1.54) is 12.1 Å². The lowest BCUT2D eigenvalue weighted by Gasteiger charge is -2.22. The monoisotopic (exact) mass is 367 g/mol. The van der Waals surface area contributed by atoms with Gasteiger partial charge in [0.2, 0.25) is 5.91 Å². The number of anilines is 1. The van der Waals surface area contributed by atoms with E-state index >= 15 is 0 Å². The first-order chi connectivity index (χ1) is 13.1. The highest BCUT2D eigenvalue weighted by molar-refractivity contribution is 5.82. The molecule has 1 aliphatic rings. The highest BCUT2D eigenvalue weighted by Gasteiger charge is 2.35. The maximum absolute atomic E-state index is 12.9. The zero-order valence-corrected chi connectivity index (χ0v) is 15.0. The molecule has 1 amide bonds. The van der Waals surface area contributed by atoms with Gasteiger partial charge in [0.1, 0.15) is 23.7 Å². The number of hydrogen-bond donors (Lipinski definition) is 2. The normalized spacial score (nSPS) is 15.0. The van der Waals surface area contributed by atoms with E-state index in [4.69, 9.17) is 4.74 Å². The summed E-state index contributed by atoms with van der Waals surface area (Å²) in [6.07, 6.45) is 3.35. The minimum atomic E-state index is -0.709. The molecule has 0 atom stereocenters. The second-order valence-electron chi connectivity index (χ2n) is 6.75. The van der Waals surface area contributed by atoms with Crippen LogP contribution in [0.3, 0.4) is 0 Å². The molecule has 1 saturated carbocycles. The van der Waals surface area contributed by atoms with Gasteiger partial charge in [0.05, 0.1) is 12.6 Å². The van der Waals surface area contributed by atoms with E-state index in [0.29, 0.717) is 25.2 Å². The molecule has 1 fully saturated rings. The zero-order valence-electron chi connectivity index (χ0n) is 15.0. The average Bonchev–Trinajstić information content (AvgIpc) is 3.15. The Morgan fingerprint density at radius 3 is 2.63 bits per heavy atom. The lowest BCUT2D eigenvalue weighted by Crippen LogP contribution is -2.47. The van der Waals surface area contributed by atoms with Crippen molar-refractivity contribution in [3.63, 3.8) is 0 Å². The quantitative estimate of drug-likeness (QED) is 0.781. The molecule has 0 spiro atoms. The van der Waals surface area contributed by atoms with Crippen LogP contribution in [0.15, 0.2) is 48.5 Å². The van der Waals surface area contributed by atoms with Crippen molar-refractivity contribution < 1.29 is 13.9 Å². The molecule has 2 N–H and O–H groups in total. The largest absolute Gasteiger partial charge is 0.489 e. The van der Waals surface area contributed by atoms with Gasteiger partial charge in [-0.1, -0.05) is 18.2 Å². The highest BCUT2D eigenvalue weighted by atomic mass is 19.1. The molecule has 0 bridgehead atoms. The molecular weight excluding hydrogens is 345 g/mol. The SMILES string of the molecule is N#CC1(NC(=O)CNc2cccc(OCc3ccc(F)cc3)c2)CCCC1. The molecular formula is C21H22FN3O2. The number of nitrogens with one attached hydrogen (secondary N) is 2. The zero-order chi connectivity index (χ0) is 19.1. The van der Waals surface area contributed by atoms with Crippen LogP contribution in [0.2, 0.25) is 0 Å². The van der Waals surface area contributed by atoms with Gasteiger partial charge in [0.15, 0.2) is 0 Å². The Bertz CT molecular complexity index is 824. The van der Waals surface area contributed by atoms with E-state index in [2.05, 4.69) is 16.7 Å². The molecule has 0 aromatic heterocycles. The number of carbonyl (C=O) groups excluding carboxylic acids is 1. The first-order valence-electron chi connectivity index (χ1n) is 9.02. The Kier molecular flexibility index (Phi) is 5.92. The summed E-state index contributed by atoms with van der Waals surface area (Å²) in [4.78, 5) is 12.2. The summed E-state index contributed by atoms with van der Waals surface area (Å²) in [6, 6.07) is 15.7. The van der Waals surface area contributed by atoms with Gasteiger partial charge in [-0.15, -0.1) is 0 Å². The van der Waals surface area contributed by atoms with Crippen LogP contribution in [0, 0.1) is 17.1 Å². The van der Waals surface area contributed by atoms with Crippen molar-refractivity contribution in [2.75, 3.05) is 11.9 Å². The number of nitriles is 1. The number of halogens is 1. The maximum atomic E-state index is 12.9. The summed E-state index contributed by atoms with van der Waals surface area (Å²) in [5.74, 6) is 0.170. The Balaban J connectivity index is 1.50. The van der Waals surface area contributed by atoms with E-state index in [1.807, 2.05) is 18.2 Å². The number of hydrogen-bond acceptors (Lipinski definition) is 4. The molecule has 0 radical (unpaired) electrons. The van der Waals surface area contributed by atoms with Gasteiger partial charge in [0, 0.05) is 11.8 Å². The van der Waals surface area contributed by atoms with Gasteiger partial charge in [-0.25, -0.2) is 4.39 Å². The lowest BCUT2D eigenvalue weighted by atomic mass is 10.00. The first kappa shape index (κ1) is 18.7. The topological polar surface area (TPSA) is 74.2 Å². The van der Waals surface area contributed by atoms with E-state index in [0.717, 1.165) is 24.1 Å². The first-order valence-corrected chi connectivity index (χ1v) is 9.02. The maximum Gasteiger partial charge on any atom is 0.240 e. The summed E-state index contributed by atoms with van der Waals surface area (Å²) in [6.45, 7) is 0.416. The molecule has 0 heterocycles. The number of carbonyl (C=O) groups is 1. The van der Waals surface area contributed by atoms with E-state index in [-0.39, 0.29) is 18.3 Å². The summed E-state index contributed by atoms with van der Waals surface area (Å²) < 4.78 is 18.6. The van der Waals surface area contributed by atoms with Crippen LogP contribution in [-0.2, 0) is 11.4 Å². The molecule has 0 unspecified atom stereocenters. The van der Waals surface area contributed by atoms with Crippen LogP contribution in [0.25, 0.3) is 0 Å². The van der Waals surface area contributed by atoms with Gasteiger partial charge < -0.3 is 15.4 Å². The Morgan fingerprint density at radius 1 is 1.19 bits per heavy atom. The molecule has 27 heavy (non-hydrogen) atoms. The fourth-order valence-corrected chi connectivity index (χ4v) is 3.18. The van der Waals surface area contributed by atoms with Crippen molar-refractivity contribution >= 4 is 11.6 Å². The molecule has 2 aromatic rings. The summed E-state index contributed by atoms with van der Waals surface area (Å²) in [5, 5.41) is 15.2. The van der Waals surface area contributed by atoms with Crippen molar-refractivity contribution in [2.24, 2.45) is 0 Å². The number of nitrogens with zero attached hydrogens (tertiary/aromatic N) is 1. The van der Waals surface area contributed by atoms with Crippen LogP contribution in [0.5, 0.6) is 5.75 Å². The molecule has 2 aromatic carbocycles. The smallest absolute Gasteiger partial charge is 0.240 e. The fraction of sp³-hybridized carbons (Fsp3) is 0.333. The number of benzene rings is 2. The summed E-state index contributed by atoms with van der Waals surface area (Å²) >= 11 is 0. The summed E-state index contributed by atoms with van der Waals surface area (Å²) in [7, 11) is 0. The predicted molar refractivity (Wildman–Crippen MR) is 101 cm³/mol. The Hall–Kier alpha value is -3.07. The third-order valence-corrected chi connectivity index (χ3v) is 4.66. The number of ether oxygens (including phenoxy) is 1. The molecule has 140 valence electrons. The fourth-order valence-electron chi connectivity index (χ4n) is 3.18. The van der Waals surface area contributed by atoms with Gasteiger partial charge in [-0.3, -0.25) is 4.79 Å². The predicted octanol–water partition coefficient (Wildman–Crippen LogP) is 3.77. The molecule has 3 rings (SSSR count). The Morgan fingerprint density at radius 2 is 1.93 bits per heavy atom. The molecule has 6 heteroatoms. The van der Waals surface area contributed by atoms with Crippen molar-refractivity contribution in [3.8, 4) is 11.8 Å². The van der Waals surface area contributed by atoms with Crippen LogP contribution in [0.4, 0.5) is 10.1 Å². The van der Waals surface area contributed by atoms with Crippen molar-refractivity contribution in [1.82, 2.24) is 5.32 Å². The molecule has 0 saturated heterocycles. The van der Waals surface area contributed by atoms with Crippen LogP contribution in [0.1, 0.15) is 31.2 Å².